The van der Waals surface area contributed by atoms with E-state index in [1.54, 1.807) is 0 Å². The molecule has 1 saturated carbocycles. The Balaban J connectivity index is 2.33. The van der Waals surface area contributed by atoms with Crippen LogP contribution in [0.5, 0.6) is 0 Å². The van der Waals surface area contributed by atoms with Crippen molar-refractivity contribution >= 4 is 15.9 Å². The summed E-state index contributed by atoms with van der Waals surface area (Å²) in [5, 5.41) is 11.8. The molecule has 3 atom stereocenters. The molecular weight excluding hydrogens is 304 g/mol. The fourth-order valence-corrected chi connectivity index (χ4v) is 4.59. The highest BCUT2D eigenvalue weighted by Crippen LogP contribution is 2.43. The fourth-order valence-electron chi connectivity index (χ4n) is 3.75. The minimum absolute atomic E-state index is 0.0604. The number of nitrogens with one attached hydrogen (secondary N) is 1. The number of hydrogen-bond acceptors (Lipinski definition) is 3. The van der Waals surface area contributed by atoms with Crippen molar-refractivity contribution < 1.29 is 0 Å². The van der Waals surface area contributed by atoms with Crippen molar-refractivity contribution in [1.29, 1.82) is 0 Å². The Bertz CT molecular complexity index is 421. The molecule has 0 spiro atoms. The van der Waals surface area contributed by atoms with Crippen LogP contribution in [0.15, 0.2) is 4.60 Å². The van der Waals surface area contributed by atoms with Gasteiger partial charge in [0.2, 0.25) is 0 Å². The molecule has 0 amide bonds. The van der Waals surface area contributed by atoms with Crippen molar-refractivity contribution in [2.24, 2.45) is 18.9 Å². The van der Waals surface area contributed by atoms with Crippen LogP contribution in [-0.4, -0.2) is 28.1 Å². The van der Waals surface area contributed by atoms with E-state index in [1.165, 1.54) is 25.0 Å². The summed E-state index contributed by atoms with van der Waals surface area (Å²) in [6.07, 6.45) is 3.83. The molecule has 1 heterocycles. The van der Waals surface area contributed by atoms with Crippen molar-refractivity contribution in [3.05, 3.63) is 10.3 Å². The predicted octanol–water partition coefficient (Wildman–Crippen LogP) is 2.88. The van der Waals surface area contributed by atoms with Crippen molar-refractivity contribution in [1.82, 2.24) is 20.3 Å². The largest absolute Gasteiger partial charge is 0.317 e. The van der Waals surface area contributed by atoms with E-state index in [4.69, 9.17) is 0 Å². The van der Waals surface area contributed by atoms with Crippen LogP contribution >= 0.6 is 15.9 Å². The molecule has 0 radical (unpaired) electrons. The monoisotopic (exact) mass is 328 g/mol. The lowest BCUT2D eigenvalue weighted by Crippen LogP contribution is -2.48. The Hall–Kier alpha value is -0.420. The van der Waals surface area contributed by atoms with Crippen LogP contribution in [0.25, 0.3) is 0 Å². The first kappa shape index (κ1) is 15.0. The number of aromatic nitrogens is 3. The van der Waals surface area contributed by atoms with E-state index in [0.717, 1.165) is 10.5 Å². The van der Waals surface area contributed by atoms with Crippen LogP contribution in [0.1, 0.15) is 45.7 Å². The van der Waals surface area contributed by atoms with Gasteiger partial charge in [-0.25, -0.2) is 0 Å². The van der Waals surface area contributed by atoms with Gasteiger partial charge in [0.15, 0.2) is 4.60 Å². The molecule has 0 bridgehead atoms. The molecule has 108 valence electrons. The Labute approximate surface area is 124 Å². The van der Waals surface area contributed by atoms with Gasteiger partial charge in [-0.2, -0.15) is 0 Å². The molecule has 3 unspecified atom stereocenters. The molecule has 19 heavy (non-hydrogen) atoms. The molecule has 1 N–H and O–H groups in total. The molecule has 0 aromatic carbocycles. The zero-order valence-corrected chi connectivity index (χ0v) is 14.2. The highest BCUT2D eigenvalue weighted by molar-refractivity contribution is 9.10. The number of hydrogen-bond donors (Lipinski definition) is 1. The molecule has 1 aliphatic carbocycles. The Kier molecular flexibility index (Phi) is 4.35. The summed E-state index contributed by atoms with van der Waals surface area (Å²) in [6, 6.07) is 0.570. The molecule has 4 nitrogen and oxygen atoms in total. The van der Waals surface area contributed by atoms with Crippen LogP contribution in [0, 0.1) is 11.8 Å². The van der Waals surface area contributed by atoms with Crippen molar-refractivity contribution in [3.8, 4) is 0 Å². The molecule has 1 aliphatic rings. The standard InChI is InChI=1S/C14H25BrN4/c1-9-6-7-10(11(8-9)16-4)14(2,3)12-13(15)17-18-19(12)5/h9-11,16H,6-8H2,1-5H3. The second-order valence-corrected chi connectivity index (χ2v) is 7.25. The summed E-state index contributed by atoms with van der Waals surface area (Å²) in [5.41, 5.74) is 1.26. The SMILES string of the molecule is CNC1CC(C)CCC1C(C)(C)c1c(Br)nnn1C. The zero-order chi connectivity index (χ0) is 14.2. The molecule has 5 heteroatoms. The number of rotatable bonds is 3. The van der Waals surface area contributed by atoms with Gasteiger partial charge < -0.3 is 5.32 Å². The average molecular weight is 329 g/mol. The van der Waals surface area contributed by atoms with Gasteiger partial charge in [0.05, 0.1) is 5.69 Å². The van der Waals surface area contributed by atoms with Gasteiger partial charge in [-0.05, 0) is 47.7 Å². The number of aryl methyl sites for hydroxylation is 1. The van der Waals surface area contributed by atoms with Gasteiger partial charge in [-0.1, -0.05) is 32.4 Å². The fraction of sp³-hybridized carbons (Fsp3) is 0.857. The van der Waals surface area contributed by atoms with Crippen molar-refractivity contribution in [3.63, 3.8) is 0 Å². The van der Waals surface area contributed by atoms with Gasteiger partial charge >= 0.3 is 0 Å². The Morgan fingerprint density at radius 1 is 1.37 bits per heavy atom. The van der Waals surface area contributed by atoms with E-state index >= 15 is 0 Å². The van der Waals surface area contributed by atoms with E-state index in [0.29, 0.717) is 12.0 Å². The van der Waals surface area contributed by atoms with Crippen LogP contribution in [0.4, 0.5) is 0 Å². The van der Waals surface area contributed by atoms with Gasteiger partial charge in [-0.15, -0.1) is 5.10 Å². The summed E-state index contributed by atoms with van der Waals surface area (Å²) in [4.78, 5) is 0. The van der Waals surface area contributed by atoms with Crippen molar-refractivity contribution in [2.45, 2.75) is 51.5 Å². The van der Waals surface area contributed by atoms with E-state index < -0.39 is 0 Å². The summed E-state index contributed by atoms with van der Waals surface area (Å²) >= 11 is 3.56. The summed E-state index contributed by atoms with van der Waals surface area (Å²) in [7, 11) is 4.07. The molecule has 1 fully saturated rings. The summed E-state index contributed by atoms with van der Waals surface area (Å²) in [5.74, 6) is 1.43. The van der Waals surface area contributed by atoms with Gasteiger partial charge in [0, 0.05) is 18.5 Å². The lowest BCUT2D eigenvalue weighted by molar-refractivity contribution is 0.145. The maximum atomic E-state index is 4.15. The van der Waals surface area contributed by atoms with Gasteiger partial charge in [-0.3, -0.25) is 4.68 Å². The van der Waals surface area contributed by atoms with Crippen LogP contribution in [-0.2, 0) is 12.5 Å². The molecule has 1 aromatic heterocycles. The normalized spacial score (nSPS) is 28.6. The van der Waals surface area contributed by atoms with Crippen LogP contribution < -0.4 is 5.32 Å². The highest BCUT2D eigenvalue weighted by Gasteiger charge is 2.42. The minimum atomic E-state index is 0.0604. The van der Waals surface area contributed by atoms with E-state index in [-0.39, 0.29) is 5.41 Å². The number of halogens is 1. The minimum Gasteiger partial charge on any atom is -0.317 e. The predicted molar refractivity (Wildman–Crippen MR) is 81.1 cm³/mol. The third-order valence-corrected chi connectivity index (χ3v) is 5.34. The van der Waals surface area contributed by atoms with Crippen molar-refractivity contribution in [2.75, 3.05) is 7.05 Å². The molecule has 0 aliphatic heterocycles. The lowest BCUT2D eigenvalue weighted by Gasteiger charge is -2.44. The molecule has 2 rings (SSSR count). The second-order valence-electron chi connectivity index (χ2n) is 6.49. The molecule has 1 aromatic rings. The molecule has 0 saturated heterocycles. The third-order valence-electron chi connectivity index (χ3n) is 4.81. The van der Waals surface area contributed by atoms with Gasteiger partial charge in [0.25, 0.3) is 0 Å². The first-order valence-electron chi connectivity index (χ1n) is 7.10. The Morgan fingerprint density at radius 3 is 2.58 bits per heavy atom. The van der Waals surface area contributed by atoms with E-state index in [2.05, 4.69) is 59.4 Å². The third kappa shape index (κ3) is 2.72. The first-order chi connectivity index (χ1) is 8.87. The number of nitrogens with zero attached hydrogens (tertiary/aromatic N) is 3. The van der Waals surface area contributed by atoms with E-state index in [1.807, 2.05) is 11.7 Å². The van der Waals surface area contributed by atoms with Crippen LogP contribution in [0.2, 0.25) is 0 Å². The highest BCUT2D eigenvalue weighted by atomic mass is 79.9. The van der Waals surface area contributed by atoms with Crippen LogP contribution in [0.3, 0.4) is 0 Å². The average Bonchev–Trinajstić information content (AvgIpc) is 2.68. The maximum Gasteiger partial charge on any atom is 0.152 e. The summed E-state index contributed by atoms with van der Waals surface area (Å²) in [6.45, 7) is 7.00. The quantitative estimate of drug-likeness (QED) is 0.927. The summed E-state index contributed by atoms with van der Waals surface area (Å²) < 4.78 is 2.79. The second kappa shape index (κ2) is 5.52. The lowest BCUT2D eigenvalue weighted by atomic mass is 9.65. The molecular formula is C14H25BrN4. The zero-order valence-electron chi connectivity index (χ0n) is 12.6. The van der Waals surface area contributed by atoms with E-state index in [9.17, 15) is 0 Å². The Morgan fingerprint density at radius 2 is 2.05 bits per heavy atom. The first-order valence-corrected chi connectivity index (χ1v) is 7.90. The topological polar surface area (TPSA) is 42.7 Å². The van der Waals surface area contributed by atoms with Gasteiger partial charge in [0.1, 0.15) is 0 Å². The smallest absolute Gasteiger partial charge is 0.152 e. The maximum absolute atomic E-state index is 4.15.